The van der Waals surface area contributed by atoms with Crippen LogP contribution in [0.25, 0.3) is 0 Å². The third kappa shape index (κ3) is 4.18. The number of hydrogen-bond donors (Lipinski definition) is 1. The summed E-state index contributed by atoms with van der Waals surface area (Å²) in [6.07, 6.45) is 1.07. The zero-order valence-electron chi connectivity index (χ0n) is 10.9. The number of ether oxygens (including phenoxy) is 1. The summed E-state index contributed by atoms with van der Waals surface area (Å²) in [6, 6.07) is 5.96. The van der Waals surface area contributed by atoms with Gasteiger partial charge in [0, 0.05) is 11.0 Å². The van der Waals surface area contributed by atoms with E-state index in [9.17, 15) is 0 Å². The molecule has 0 unspecified atom stereocenters. The van der Waals surface area contributed by atoms with Gasteiger partial charge in [0.05, 0.1) is 0 Å². The predicted molar refractivity (Wildman–Crippen MR) is 81.9 cm³/mol. The van der Waals surface area contributed by atoms with Crippen molar-refractivity contribution in [3.63, 3.8) is 0 Å². The molecule has 0 saturated heterocycles. The quantitative estimate of drug-likeness (QED) is 0.862. The van der Waals surface area contributed by atoms with Crippen LogP contribution in [0.1, 0.15) is 23.9 Å². The van der Waals surface area contributed by atoms with Gasteiger partial charge >= 0.3 is 0 Å². The van der Waals surface area contributed by atoms with Gasteiger partial charge in [-0.05, 0) is 37.1 Å². The summed E-state index contributed by atoms with van der Waals surface area (Å²) < 4.78 is 6.81. The summed E-state index contributed by atoms with van der Waals surface area (Å²) in [4.78, 5) is 0. The molecular weight excluding hydrogens is 326 g/mol. The van der Waals surface area contributed by atoms with Gasteiger partial charge in [0.15, 0.2) is 5.01 Å². The van der Waals surface area contributed by atoms with Crippen molar-refractivity contribution >= 4 is 32.4 Å². The average molecular weight is 342 g/mol. The molecule has 1 N–H and O–H groups in total. The minimum absolute atomic E-state index is 0.452. The Bertz CT molecular complexity index is 544. The van der Waals surface area contributed by atoms with Crippen molar-refractivity contribution < 1.29 is 4.74 Å². The normalized spacial score (nSPS) is 10.5. The fourth-order valence-corrected chi connectivity index (χ4v) is 2.68. The average Bonchev–Trinajstić information content (AvgIpc) is 2.83. The highest BCUT2D eigenvalue weighted by atomic mass is 79.9. The standard InChI is InChI=1S/C13H16BrN3OS/c1-3-6-15-13-17-16-12(19-13)8-18-11-5-4-10(14)7-9(11)2/h4-5,7H,3,6,8H2,1-2H3,(H,15,17). The van der Waals surface area contributed by atoms with Crippen molar-refractivity contribution in [2.24, 2.45) is 0 Å². The van der Waals surface area contributed by atoms with E-state index in [1.165, 1.54) is 11.3 Å². The summed E-state index contributed by atoms with van der Waals surface area (Å²) in [7, 11) is 0. The summed E-state index contributed by atoms with van der Waals surface area (Å²) in [5.74, 6) is 0.876. The van der Waals surface area contributed by atoms with E-state index in [0.717, 1.165) is 38.9 Å². The summed E-state index contributed by atoms with van der Waals surface area (Å²) in [5.41, 5.74) is 1.10. The van der Waals surface area contributed by atoms with Crippen LogP contribution in [0.2, 0.25) is 0 Å². The number of aryl methyl sites for hydroxylation is 1. The van der Waals surface area contributed by atoms with E-state index in [1.807, 2.05) is 25.1 Å². The van der Waals surface area contributed by atoms with Gasteiger partial charge < -0.3 is 10.1 Å². The highest BCUT2D eigenvalue weighted by molar-refractivity contribution is 9.10. The Morgan fingerprint density at radius 3 is 2.95 bits per heavy atom. The van der Waals surface area contributed by atoms with Crippen LogP contribution in [0.3, 0.4) is 0 Å². The van der Waals surface area contributed by atoms with Crippen LogP contribution in [0.4, 0.5) is 5.13 Å². The molecule has 0 aliphatic rings. The maximum atomic E-state index is 5.75. The van der Waals surface area contributed by atoms with Crippen LogP contribution < -0.4 is 10.1 Å². The fraction of sp³-hybridized carbons (Fsp3) is 0.385. The lowest BCUT2D eigenvalue weighted by atomic mass is 10.2. The molecule has 1 aromatic carbocycles. The third-order valence-corrected chi connectivity index (χ3v) is 3.83. The molecule has 2 rings (SSSR count). The van der Waals surface area contributed by atoms with Crippen molar-refractivity contribution in [2.75, 3.05) is 11.9 Å². The van der Waals surface area contributed by atoms with E-state index in [-0.39, 0.29) is 0 Å². The van der Waals surface area contributed by atoms with Crippen LogP contribution in [-0.2, 0) is 6.61 Å². The molecule has 4 nitrogen and oxygen atoms in total. The minimum atomic E-state index is 0.452. The maximum Gasteiger partial charge on any atom is 0.205 e. The van der Waals surface area contributed by atoms with Crippen molar-refractivity contribution in [1.82, 2.24) is 10.2 Å². The lowest BCUT2D eigenvalue weighted by Crippen LogP contribution is -1.98. The fourth-order valence-electron chi connectivity index (χ4n) is 1.53. The number of rotatable bonds is 6. The molecule has 19 heavy (non-hydrogen) atoms. The van der Waals surface area contributed by atoms with E-state index in [4.69, 9.17) is 4.74 Å². The molecule has 0 fully saturated rings. The smallest absolute Gasteiger partial charge is 0.205 e. The number of aromatic nitrogens is 2. The Labute approximate surface area is 125 Å². The van der Waals surface area contributed by atoms with Crippen molar-refractivity contribution in [2.45, 2.75) is 26.9 Å². The topological polar surface area (TPSA) is 47.0 Å². The molecule has 2 aromatic rings. The van der Waals surface area contributed by atoms with Gasteiger partial charge in [0.1, 0.15) is 12.4 Å². The summed E-state index contributed by atoms with van der Waals surface area (Å²) in [6.45, 7) is 5.51. The first kappa shape index (κ1) is 14.3. The first-order valence-corrected chi connectivity index (χ1v) is 7.75. The largest absolute Gasteiger partial charge is 0.486 e. The van der Waals surface area contributed by atoms with Crippen molar-refractivity contribution in [3.05, 3.63) is 33.2 Å². The number of nitrogens with zero attached hydrogens (tertiary/aromatic N) is 2. The van der Waals surface area contributed by atoms with Gasteiger partial charge in [0.25, 0.3) is 0 Å². The molecule has 0 saturated carbocycles. The van der Waals surface area contributed by atoms with E-state index < -0.39 is 0 Å². The van der Waals surface area contributed by atoms with Crippen molar-refractivity contribution in [3.8, 4) is 5.75 Å². The summed E-state index contributed by atoms with van der Waals surface area (Å²) >= 11 is 4.97. The monoisotopic (exact) mass is 341 g/mol. The van der Waals surface area contributed by atoms with Gasteiger partial charge in [-0.3, -0.25) is 0 Å². The second-order valence-electron chi connectivity index (χ2n) is 4.13. The maximum absolute atomic E-state index is 5.75. The second-order valence-corrected chi connectivity index (χ2v) is 6.10. The molecule has 0 radical (unpaired) electrons. The Kier molecular flexibility index (Phi) is 5.15. The van der Waals surface area contributed by atoms with Crippen LogP contribution in [0, 0.1) is 6.92 Å². The highest BCUT2D eigenvalue weighted by Crippen LogP contribution is 2.24. The van der Waals surface area contributed by atoms with E-state index in [0.29, 0.717) is 6.61 Å². The summed E-state index contributed by atoms with van der Waals surface area (Å²) in [5, 5.41) is 13.1. The molecule has 0 amide bonds. The van der Waals surface area contributed by atoms with Gasteiger partial charge in [-0.25, -0.2) is 0 Å². The van der Waals surface area contributed by atoms with E-state index >= 15 is 0 Å². The Balaban J connectivity index is 1.92. The number of hydrogen-bond acceptors (Lipinski definition) is 5. The molecule has 0 bridgehead atoms. The van der Waals surface area contributed by atoms with Gasteiger partial charge in [-0.2, -0.15) is 0 Å². The second kappa shape index (κ2) is 6.86. The molecule has 0 spiro atoms. The minimum Gasteiger partial charge on any atom is -0.486 e. The zero-order valence-corrected chi connectivity index (χ0v) is 13.3. The molecule has 0 atom stereocenters. The number of halogens is 1. The van der Waals surface area contributed by atoms with Gasteiger partial charge in [-0.1, -0.05) is 34.2 Å². The lowest BCUT2D eigenvalue weighted by Gasteiger charge is -2.07. The van der Waals surface area contributed by atoms with Gasteiger partial charge in [-0.15, -0.1) is 10.2 Å². The molecular formula is C13H16BrN3OS. The number of benzene rings is 1. The first-order chi connectivity index (χ1) is 9.19. The zero-order chi connectivity index (χ0) is 13.7. The molecule has 0 aliphatic carbocycles. The third-order valence-electron chi connectivity index (χ3n) is 2.48. The van der Waals surface area contributed by atoms with E-state index in [2.05, 4.69) is 38.4 Å². The lowest BCUT2D eigenvalue weighted by molar-refractivity contribution is 0.302. The van der Waals surface area contributed by atoms with Crippen LogP contribution >= 0.6 is 27.3 Å². The van der Waals surface area contributed by atoms with Gasteiger partial charge in [0.2, 0.25) is 5.13 Å². The number of anilines is 1. The molecule has 6 heteroatoms. The Hall–Kier alpha value is -1.14. The van der Waals surface area contributed by atoms with Crippen molar-refractivity contribution in [1.29, 1.82) is 0 Å². The van der Waals surface area contributed by atoms with Crippen LogP contribution in [-0.4, -0.2) is 16.7 Å². The molecule has 1 heterocycles. The highest BCUT2D eigenvalue weighted by Gasteiger charge is 2.06. The SMILES string of the molecule is CCCNc1nnc(COc2ccc(Br)cc2C)s1. The van der Waals surface area contributed by atoms with E-state index in [1.54, 1.807) is 0 Å². The Morgan fingerprint density at radius 2 is 2.21 bits per heavy atom. The first-order valence-electron chi connectivity index (χ1n) is 6.14. The predicted octanol–water partition coefficient (Wildman–Crippen LogP) is 4.01. The Morgan fingerprint density at radius 1 is 1.37 bits per heavy atom. The van der Waals surface area contributed by atoms with Crippen LogP contribution in [0.5, 0.6) is 5.75 Å². The number of nitrogens with one attached hydrogen (secondary N) is 1. The molecule has 1 aromatic heterocycles. The molecule has 0 aliphatic heterocycles. The molecule has 102 valence electrons. The van der Waals surface area contributed by atoms with Crippen LogP contribution in [0.15, 0.2) is 22.7 Å².